The summed E-state index contributed by atoms with van der Waals surface area (Å²) in [7, 11) is 0. The van der Waals surface area contributed by atoms with Crippen molar-refractivity contribution in [3.63, 3.8) is 0 Å². The molecule has 1 fully saturated rings. The molecule has 0 spiro atoms. The maximum Gasteiger partial charge on any atom is 0.134 e. The van der Waals surface area contributed by atoms with Crippen LogP contribution in [0.25, 0.3) is 0 Å². The summed E-state index contributed by atoms with van der Waals surface area (Å²) in [6.07, 6.45) is 6.10. The Kier molecular flexibility index (Phi) is 2.58. The first-order chi connectivity index (χ1) is 4.33. The van der Waals surface area contributed by atoms with Gasteiger partial charge in [0.2, 0.25) is 0 Å². The van der Waals surface area contributed by atoms with Crippen LogP contribution in [-0.4, -0.2) is 17.3 Å². The highest BCUT2D eigenvalue weighted by Gasteiger charge is 2.17. The topological polar surface area (TPSA) is 17.1 Å². The largest absolute Gasteiger partial charge is 0.300 e. The minimum atomic E-state index is 0.459. The molecule has 1 aliphatic rings. The van der Waals surface area contributed by atoms with E-state index in [-0.39, 0.29) is 0 Å². The third-order valence-electron chi connectivity index (χ3n) is 1.77. The molecule has 0 aromatic carbocycles. The van der Waals surface area contributed by atoms with Gasteiger partial charge in [-0.15, -0.1) is 0 Å². The highest BCUT2D eigenvalue weighted by Crippen LogP contribution is 2.23. The first-order valence-electron chi connectivity index (χ1n) is 3.37. The van der Waals surface area contributed by atoms with E-state index in [9.17, 15) is 4.79 Å². The van der Waals surface area contributed by atoms with Crippen LogP contribution in [0.2, 0.25) is 0 Å². The van der Waals surface area contributed by atoms with E-state index >= 15 is 0 Å². The maximum absolute atomic E-state index is 10.8. The minimum Gasteiger partial charge on any atom is -0.300 e. The zero-order valence-corrected chi connectivity index (χ0v) is 6.54. The molecule has 9 heavy (non-hydrogen) atoms. The van der Waals surface area contributed by atoms with Gasteiger partial charge in [0.1, 0.15) is 5.78 Å². The fourth-order valence-corrected chi connectivity index (χ4v) is 1.94. The molecule has 1 nitrogen and oxygen atoms in total. The number of hydrogen-bond donors (Lipinski definition) is 0. The standard InChI is InChI=1S/C7H12OS/c1-9-7-4-2-3-6(8)5-7/h7H,2-5H2,1H3. The van der Waals surface area contributed by atoms with Crippen molar-refractivity contribution in [2.75, 3.05) is 6.26 Å². The first kappa shape index (κ1) is 7.13. The Balaban J connectivity index is 2.32. The molecule has 0 bridgehead atoms. The van der Waals surface area contributed by atoms with Crippen LogP contribution in [0.4, 0.5) is 0 Å². The number of ketones is 1. The molecule has 0 N–H and O–H groups in total. The molecule has 0 saturated heterocycles. The lowest BCUT2D eigenvalue weighted by molar-refractivity contribution is -0.120. The van der Waals surface area contributed by atoms with Crippen LogP contribution in [-0.2, 0) is 4.79 Å². The molecule has 0 aromatic rings. The second kappa shape index (κ2) is 3.25. The third-order valence-corrected chi connectivity index (χ3v) is 2.84. The molecule has 0 heterocycles. The zero-order chi connectivity index (χ0) is 6.69. The van der Waals surface area contributed by atoms with E-state index < -0.39 is 0 Å². The van der Waals surface area contributed by atoms with Crippen molar-refractivity contribution in [3.8, 4) is 0 Å². The molecule has 1 aliphatic carbocycles. The van der Waals surface area contributed by atoms with E-state index in [1.165, 1.54) is 6.42 Å². The van der Waals surface area contributed by atoms with Gasteiger partial charge in [-0.1, -0.05) is 0 Å². The molecule has 0 radical (unpaired) electrons. The molecular weight excluding hydrogens is 132 g/mol. The van der Waals surface area contributed by atoms with Gasteiger partial charge in [0, 0.05) is 18.1 Å². The van der Waals surface area contributed by atoms with Crippen molar-refractivity contribution >= 4 is 17.5 Å². The van der Waals surface area contributed by atoms with Crippen molar-refractivity contribution in [1.29, 1.82) is 0 Å². The van der Waals surface area contributed by atoms with E-state index in [1.54, 1.807) is 0 Å². The highest BCUT2D eigenvalue weighted by molar-refractivity contribution is 7.99. The third kappa shape index (κ3) is 2.01. The number of rotatable bonds is 1. The minimum absolute atomic E-state index is 0.459. The van der Waals surface area contributed by atoms with Crippen molar-refractivity contribution in [2.45, 2.75) is 30.9 Å². The lowest BCUT2D eigenvalue weighted by Gasteiger charge is -2.17. The smallest absolute Gasteiger partial charge is 0.134 e. The van der Waals surface area contributed by atoms with Gasteiger partial charge in [-0.25, -0.2) is 0 Å². The summed E-state index contributed by atoms with van der Waals surface area (Å²) < 4.78 is 0. The molecular formula is C7H12OS. The van der Waals surface area contributed by atoms with Crippen LogP contribution in [0.1, 0.15) is 25.7 Å². The number of hydrogen-bond acceptors (Lipinski definition) is 2. The van der Waals surface area contributed by atoms with Crippen LogP contribution in [0.3, 0.4) is 0 Å². The Hall–Kier alpha value is 0.0200. The summed E-state index contributed by atoms with van der Waals surface area (Å²) in [5.41, 5.74) is 0. The SMILES string of the molecule is CSC1CCCC(=O)C1. The average molecular weight is 144 g/mol. The summed E-state index contributed by atoms with van der Waals surface area (Å²) in [6.45, 7) is 0. The summed E-state index contributed by atoms with van der Waals surface area (Å²) >= 11 is 1.83. The van der Waals surface area contributed by atoms with Crippen LogP contribution < -0.4 is 0 Å². The predicted molar refractivity (Wildman–Crippen MR) is 40.8 cm³/mol. The Morgan fingerprint density at radius 1 is 1.67 bits per heavy atom. The fraction of sp³-hybridized carbons (Fsp3) is 0.857. The van der Waals surface area contributed by atoms with Crippen molar-refractivity contribution in [3.05, 3.63) is 0 Å². The molecule has 0 aromatic heterocycles. The molecule has 1 rings (SSSR count). The fourth-order valence-electron chi connectivity index (χ4n) is 1.19. The van der Waals surface area contributed by atoms with Crippen molar-refractivity contribution < 1.29 is 4.79 Å². The van der Waals surface area contributed by atoms with Crippen molar-refractivity contribution in [1.82, 2.24) is 0 Å². The van der Waals surface area contributed by atoms with E-state index in [0.717, 1.165) is 19.3 Å². The predicted octanol–water partition coefficient (Wildman–Crippen LogP) is 1.86. The van der Waals surface area contributed by atoms with Gasteiger partial charge >= 0.3 is 0 Å². The molecule has 1 atom stereocenters. The zero-order valence-electron chi connectivity index (χ0n) is 5.72. The molecule has 0 amide bonds. The van der Waals surface area contributed by atoms with Crippen LogP contribution in [0.15, 0.2) is 0 Å². The second-order valence-corrected chi connectivity index (χ2v) is 3.63. The molecule has 1 saturated carbocycles. The Morgan fingerprint density at radius 3 is 2.89 bits per heavy atom. The monoisotopic (exact) mass is 144 g/mol. The number of Topliss-reactive ketones (excluding diaryl/α,β-unsaturated/α-hetero) is 1. The van der Waals surface area contributed by atoms with E-state index in [2.05, 4.69) is 6.26 Å². The lowest BCUT2D eigenvalue weighted by atomic mass is 9.99. The van der Waals surface area contributed by atoms with Crippen LogP contribution in [0, 0.1) is 0 Å². The summed E-state index contributed by atoms with van der Waals surface area (Å²) in [6, 6.07) is 0. The van der Waals surface area contributed by atoms with Gasteiger partial charge in [0.05, 0.1) is 0 Å². The van der Waals surface area contributed by atoms with Crippen molar-refractivity contribution in [2.24, 2.45) is 0 Å². The van der Waals surface area contributed by atoms with Gasteiger partial charge in [-0.05, 0) is 19.1 Å². The van der Waals surface area contributed by atoms with Gasteiger partial charge in [-0.2, -0.15) is 11.8 Å². The lowest BCUT2D eigenvalue weighted by Crippen LogP contribution is -2.15. The number of carbonyl (C=O) groups excluding carboxylic acids is 1. The number of thioether (sulfide) groups is 1. The van der Waals surface area contributed by atoms with Gasteiger partial charge < -0.3 is 0 Å². The highest BCUT2D eigenvalue weighted by atomic mass is 32.2. The van der Waals surface area contributed by atoms with Crippen LogP contribution >= 0.6 is 11.8 Å². The Bertz CT molecular complexity index is 111. The first-order valence-corrected chi connectivity index (χ1v) is 4.66. The van der Waals surface area contributed by atoms with Gasteiger partial charge in [0.15, 0.2) is 0 Å². The van der Waals surface area contributed by atoms with Crippen LogP contribution in [0.5, 0.6) is 0 Å². The summed E-state index contributed by atoms with van der Waals surface area (Å²) in [5, 5.41) is 0.631. The average Bonchev–Trinajstić information content (AvgIpc) is 1.88. The quantitative estimate of drug-likeness (QED) is 0.558. The molecule has 1 unspecified atom stereocenters. The van der Waals surface area contributed by atoms with E-state index in [0.29, 0.717) is 11.0 Å². The second-order valence-electron chi connectivity index (χ2n) is 2.49. The molecule has 2 heteroatoms. The van der Waals surface area contributed by atoms with Gasteiger partial charge in [0.25, 0.3) is 0 Å². The number of carbonyl (C=O) groups is 1. The Labute approximate surface area is 60.2 Å². The maximum atomic E-state index is 10.8. The van der Waals surface area contributed by atoms with E-state index in [4.69, 9.17) is 0 Å². The van der Waals surface area contributed by atoms with E-state index in [1.807, 2.05) is 11.8 Å². The molecule has 0 aliphatic heterocycles. The summed E-state index contributed by atoms with van der Waals surface area (Å²) in [4.78, 5) is 10.8. The van der Waals surface area contributed by atoms with Gasteiger partial charge in [-0.3, -0.25) is 4.79 Å². The normalized spacial score (nSPS) is 28.6. The summed E-state index contributed by atoms with van der Waals surface area (Å²) in [5.74, 6) is 0.459. The molecule has 52 valence electrons. The Morgan fingerprint density at radius 2 is 2.44 bits per heavy atom.